The van der Waals surface area contributed by atoms with Crippen LogP contribution in [-0.2, 0) is 11.2 Å². The van der Waals surface area contributed by atoms with E-state index < -0.39 is 11.2 Å². The molecule has 1 aliphatic heterocycles. The third-order valence-electron chi connectivity index (χ3n) is 4.18. The van der Waals surface area contributed by atoms with Gasteiger partial charge in [-0.15, -0.1) is 0 Å². The zero-order chi connectivity index (χ0) is 16.4. The summed E-state index contributed by atoms with van der Waals surface area (Å²) in [6.45, 7) is 7.73. The lowest BCUT2D eigenvalue weighted by Crippen LogP contribution is -2.44. The second kappa shape index (κ2) is 7.14. The Hall–Kier alpha value is -1.20. The van der Waals surface area contributed by atoms with Gasteiger partial charge in [0.25, 0.3) is 0 Å². The van der Waals surface area contributed by atoms with E-state index in [0.717, 1.165) is 52.8 Å². The summed E-state index contributed by atoms with van der Waals surface area (Å²) in [4.78, 5) is 3.95. The number of nitrogens with one attached hydrogen (secondary N) is 1. The van der Waals surface area contributed by atoms with Crippen molar-refractivity contribution in [3.05, 3.63) is 52.5 Å². The zero-order valence-electron chi connectivity index (χ0n) is 13.4. The summed E-state index contributed by atoms with van der Waals surface area (Å²) in [7, 11) is 0. The third kappa shape index (κ3) is 3.50. The topological polar surface area (TPSA) is 38.3 Å². The van der Waals surface area contributed by atoms with Crippen LogP contribution in [0.15, 0.2) is 46.2 Å². The van der Waals surface area contributed by atoms with E-state index in [1.54, 1.807) is 0 Å². The first-order valence-electron chi connectivity index (χ1n) is 7.81. The highest BCUT2D eigenvalue weighted by molar-refractivity contribution is 7.91. The Labute approximate surface area is 145 Å². The van der Waals surface area contributed by atoms with Gasteiger partial charge in [0.2, 0.25) is 0 Å². The smallest absolute Gasteiger partial charge is 0.181 e. The number of rotatable bonds is 3. The van der Waals surface area contributed by atoms with Crippen LogP contribution in [-0.4, -0.2) is 30.7 Å². The maximum atomic E-state index is 13.2. The van der Waals surface area contributed by atoms with Crippen LogP contribution in [0, 0.1) is 13.8 Å². The van der Waals surface area contributed by atoms with Gasteiger partial charge in [-0.1, -0.05) is 23.7 Å². The van der Waals surface area contributed by atoms with Gasteiger partial charge in [-0.2, -0.15) is 0 Å². The second-order valence-corrected chi connectivity index (χ2v) is 7.66. The van der Waals surface area contributed by atoms with Crippen LogP contribution in [0.1, 0.15) is 11.1 Å². The molecule has 1 unspecified atom stereocenters. The van der Waals surface area contributed by atoms with Gasteiger partial charge in [0.15, 0.2) is 9.79 Å². The van der Waals surface area contributed by atoms with Crippen molar-refractivity contribution in [1.29, 1.82) is 0 Å². The normalized spacial score (nSPS) is 16.4. The van der Waals surface area contributed by atoms with E-state index in [4.69, 9.17) is 11.6 Å². The Balaban J connectivity index is 1.99. The van der Waals surface area contributed by atoms with Crippen LogP contribution in [0.5, 0.6) is 0 Å². The molecule has 23 heavy (non-hydrogen) atoms. The molecule has 1 heterocycles. The maximum Gasteiger partial charge on any atom is 0.181 e. The maximum absolute atomic E-state index is 13.2. The van der Waals surface area contributed by atoms with Crippen molar-refractivity contribution in [2.45, 2.75) is 23.6 Å². The molecule has 1 N–H and O–H groups in total. The molecule has 1 saturated heterocycles. The first-order chi connectivity index (χ1) is 11.1. The summed E-state index contributed by atoms with van der Waals surface area (Å²) in [5, 5.41) is 4.02. The van der Waals surface area contributed by atoms with Crippen LogP contribution >= 0.6 is 11.6 Å². The Bertz CT molecular complexity index is 701. The standard InChI is InChI=1S/C18H21ClN2OS/c1-13-11-14(2)18(12-15(13)19)23(22)17-6-4-3-5-16(17)21-9-7-20-8-10-21/h3-6,11-12,20H,7-10H2,1-2H3. The number of para-hydroxylation sites is 1. The SMILES string of the molecule is Cc1cc(C)c([S+]([O-])c2ccccc2N2CCNCC2)cc1Cl. The van der Waals surface area contributed by atoms with Gasteiger partial charge >= 0.3 is 0 Å². The highest BCUT2D eigenvalue weighted by atomic mass is 35.5. The van der Waals surface area contributed by atoms with E-state index in [2.05, 4.69) is 16.3 Å². The van der Waals surface area contributed by atoms with E-state index in [1.165, 1.54) is 0 Å². The second-order valence-electron chi connectivity index (χ2n) is 5.84. The molecule has 0 spiro atoms. The summed E-state index contributed by atoms with van der Waals surface area (Å²) in [6, 6.07) is 11.8. The molecule has 3 nitrogen and oxygen atoms in total. The van der Waals surface area contributed by atoms with Crippen molar-refractivity contribution < 1.29 is 4.55 Å². The molecule has 0 bridgehead atoms. The van der Waals surface area contributed by atoms with E-state index in [0.29, 0.717) is 5.02 Å². The fourth-order valence-electron chi connectivity index (χ4n) is 2.91. The van der Waals surface area contributed by atoms with Crippen LogP contribution in [0.4, 0.5) is 5.69 Å². The molecule has 0 amide bonds. The van der Waals surface area contributed by atoms with Gasteiger partial charge in [0, 0.05) is 54.0 Å². The highest BCUT2D eigenvalue weighted by Gasteiger charge is 2.25. The fourth-order valence-corrected chi connectivity index (χ4v) is 4.54. The van der Waals surface area contributed by atoms with Crippen molar-refractivity contribution >= 4 is 28.5 Å². The molecule has 1 fully saturated rings. The predicted octanol–water partition coefficient (Wildman–Crippen LogP) is 3.53. The minimum absolute atomic E-state index is 0.665. The van der Waals surface area contributed by atoms with E-state index in [9.17, 15) is 4.55 Å². The molecular formula is C18H21ClN2OS. The van der Waals surface area contributed by atoms with Gasteiger partial charge in [-0.3, -0.25) is 0 Å². The molecule has 3 rings (SSSR count). The number of piperazine rings is 1. The minimum atomic E-state index is -1.24. The lowest BCUT2D eigenvalue weighted by Gasteiger charge is -2.30. The van der Waals surface area contributed by atoms with E-state index in [1.807, 2.05) is 44.2 Å². The van der Waals surface area contributed by atoms with E-state index in [-0.39, 0.29) is 0 Å². The first kappa shape index (κ1) is 16.7. The van der Waals surface area contributed by atoms with Crippen molar-refractivity contribution in [2.75, 3.05) is 31.1 Å². The average Bonchev–Trinajstić information content (AvgIpc) is 2.58. The summed E-state index contributed by atoms with van der Waals surface area (Å²) >= 11 is 5.02. The van der Waals surface area contributed by atoms with Crippen molar-refractivity contribution in [3.63, 3.8) is 0 Å². The summed E-state index contributed by atoms with van der Waals surface area (Å²) in [5.41, 5.74) is 3.09. The largest absolute Gasteiger partial charge is 0.606 e. The van der Waals surface area contributed by atoms with Crippen LogP contribution in [0.3, 0.4) is 0 Å². The van der Waals surface area contributed by atoms with Crippen LogP contribution < -0.4 is 10.2 Å². The number of halogens is 1. The number of aryl methyl sites for hydroxylation is 2. The average molecular weight is 349 g/mol. The van der Waals surface area contributed by atoms with Crippen molar-refractivity contribution in [1.82, 2.24) is 5.32 Å². The Morgan fingerprint density at radius 1 is 1.04 bits per heavy atom. The summed E-state index contributed by atoms with van der Waals surface area (Å²) in [6.07, 6.45) is 0. The number of nitrogens with zero attached hydrogens (tertiary/aromatic N) is 1. The summed E-state index contributed by atoms with van der Waals surface area (Å²) < 4.78 is 13.2. The predicted molar refractivity (Wildman–Crippen MR) is 97.1 cm³/mol. The number of anilines is 1. The summed E-state index contributed by atoms with van der Waals surface area (Å²) in [5.74, 6) is 0. The van der Waals surface area contributed by atoms with Crippen LogP contribution in [0.25, 0.3) is 0 Å². The fraction of sp³-hybridized carbons (Fsp3) is 0.333. The van der Waals surface area contributed by atoms with Crippen molar-refractivity contribution in [3.8, 4) is 0 Å². The Morgan fingerprint density at radius 2 is 1.74 bits per heavy atom. The monoisotopic (exact) mass is 348 g/mol. The molecule has 0 radical (unpaired) electrons. The molecule has 122 valence electrons. The molecule has 2 aromatic rings. The van der Waals surface area contributed by atoms with E-state index >= 15 is 0 Å². The van der Waals surface area contributed by atoms with Crippen LogP contribution in [0.2, 0.25) is 5.02 Å². The molecule has 5 heteroatoms. The lowest BCUT2D eigenvalue weighted by atomic mass is 10.2. The molecule has 0 aromatic heterocycles. The van der Waals surface area contributed by atoms with Gasteiger partial charge in [0.1, 0.15) is 0 Å². The Kier molecular flexibility index (Phi) is 5.17. The molecule has 2 aromatic carbocycles. The number of hydrogen-bond acceptors (Lipinski definition) is 3. The first-order valence-corrected chi connectivity index (χ1v) is 9.34. The number of hydrogen-bond donors (Lipinski definition) is 1. The Morgan fingerprint density at radius 3 is 2.48 bits per heavy atom. The molecule has 0 aliphatic carbocycles. The minimum Gasteiger partial charge on any atom is -0.606 e. The zero-order valence-corrected chi connectivity index (χ0v) is 15.0. The lowest BCUT2D eigenvalue weighted by molar-refractivity contribution is 0.579. The van der Waals surface area contributed by atoms with Gasteiger partial charge in [-0.05, 0) is 37.6 Å². The molecule has 0 saturated carbocycles. The quantitative estimate of drug-likeness (QED) is 0.862. The molecular weight excluding hydrogens is 328 g/mol. The van der Waals surface area contributed by atoms with Crippen molar-refractivity contribution in [2.24, 2.45) is 0 Å². The molecule has 1 atom stereocenters. The third-order valence-corrected chi connectivity index (χ3v) is 6.17. The molecule has 1 aliphatic rings. The van der Waals surface area contributed by atoms with Gasteiger partial charge in [0.05, 0.1) is 5.69 Å². The van der Waals surface area contributed by atoms with Gasteiger partial charge < -0.3 is 14.8 Å². The number of benzene rings is 2. The van der Waals surface area contributed by atoms with Gasteiger partial charge in [-0.25, -0.2) is 0 Å². The highest BCUT2D eigenvalue weighted by Crippen LogP contribution is 2.33.